The molecule has 0 aromatic carbocycles. The van der Waals surface area contributed by atoms with E-state index in [4.69, 9.17) is 5.84 Å². The number of hydrogen-bond donors (Lipinski definition) is 1. The van der Waals surface area contributed by atoms with Crippen molar-refractivity contribution in [3.63, 3.8) is 0 Å². The minimum Gasteiger partial charge on any atom is -0.323 e. The van der Waals surface area contributed by atoms with Crippen LogP contribution in [0, 0.1) is 11.3 Å². The van der Waals surface area contributed by atoms with Crippen LogP contribution in [-0.4, -0.2) is 79.6 Å². The predicted octanol–water partition coefficient (Wildman–Crippen LogP) is 1.24. The van der Waals surface area contributed by atoms with Crippen LogP contribution >= 0.6 is 0 Å². The first kappa shape index (κ1) is 18.7. The maximum absolute atomic E-state index is 13.5. The Morgan fingerprint density at radius 2 is 1.88 bits per heavy atom. The van der Waals surface area contributed by atoms with Crippen molar-refractivity contribution >= 4 is 11.9 Å². The fourth-order valence-corrected chi connectivity index (χ4v) is 3.72. The Labute approximate surface area is 142 Å². The van der Waals surface area contributed by atoms with Gasteiger partial charge in [-0.3, -0.25) is 9.89 Å². The Balaban J connectivity index is 2.00. The van der Waals surface area contributed by atoms with Gasteiger partial charge in [0.05, 0.1) is 32.4 Å². The molecule has 0 aromatic rings. The molecule has 0 amide bonds. The Bertz CT molecular complexity index is 533. The highest BCUT2D eigenvalue weighted by atomic mass is 19.3. The molecule has 0 spiro atoms. The highest BCUT2D eigenvalue weighted by Gasteiger charge is 2.48. The summed E-state index contributed by atoms with van der Waals surface area (Å²) >= 11 is 0. The minimum absolute atomic E-state index is 0.194. The summed E-state index contributed by atoms with van der Waals surface area (Å²) in [6.07, 6.45) is 1.77. The molecule has 0 radical (unpaired) electrons. The number of alkyl halides is 2. The van der Waals surface area contributed by atoms with Crippen molar-refractivity contribution in [2.45, 2.75) is 37.1 Å². The van der Waals surface area contributed by atoms with E-state index in [0.717, 1.165) is 36.4 Å². The molecule has 1 saturated heterocycles. The lowest BCUT2D eigenvalue weighted by atomic mass is 9.79. The van der Waals surface area contributed by atoms with Crippen molar-refractivity contribution in [3.8, 4) is 6.07 Å². The third-order valence-corrected chi connectivity index (χ3v) is 5.43. The molecule has 2 rings (SSSR count). The molecule has 1 heterocycles. The van der Waals surface area contributed by atoms with Crippen molar-refractivity contribution in [2.24, 2.45) is 15.9 Å². The van der Waals surface area contributed by atoms with Crippen LogP contribution in [0.5, 0.6) is 0 Å². The van der Waals surface area contributed by atoms with Gasteiger partial charge in [0.25, 0.3) is 0 Å². The molecule has 1 saturated carbocycles. The molecule has 2 fully saturated rings. The topological polar surface area (TPSA) is 77.8 Å². The van der Waals surface area contributed by atoms with E-state index in [-0.39, 0.29) is 25.7 Å². The van der Waals surface area contributed by atoms with E-state index >= 15 is 0 Å². The minimum atomic E-state index is -2.62. The maximum atomic E-state index is 13.5. The van der Waals surface area contributed by atoms with Gasteiger partial charge in [0.2, 0.25) is 5.92 Å². The molecule has 0 aromatic heterocycles. The summed E-state index contributed by atoms with van der Waals surface area (Å²) in [7, 11) is 3.80. The van der Waals surface area contributed by atoms with E-state index < -0.39 is 11.5 Å². The predicted molar refractivity (Wildman–Crippen MR) is 90.2 cm³/mol. The van der Waals surface area contributed by atoms with Gasteiger partial charge < -0.3 is 10.3 Å². The standard InChI is InChI=1S/C16H27F2N6/c1-21-11-14(22-20)12-24(2)9-7-23(8-10-24)15(13-19)3-5-16(17,18)6-4-15/h11H,3-10,12,20H2,1-2H3/q+1. The lowest BCUT2D eigenvalue weighted by Crippen LogP contribution is -2.64. The van der Waals surface area contributed by atoms with Crippen LogP contribution in [0.25, 0.3) is 0 Å². The van der Waals surface area contributed by atoms with Crippen LogP contribution in [0.3, 0.4) is 0 Å². The summed E-state index contributed by atoms with van der Waals surface area (Å²) in [6, 6.07) is 2.35. The van der Waals surface area contributed by atoms with Gasteiger partial charge in [0.15, 0.2) is 0 Å². The first-order chi connectivity index (χ1) is 11.3. The van der Waals surface area contributed by atoms with Crippen LogP contribution < -0.4 is 5.84 Å². The number of piperazine rings is 1. The molecule has 1 aliphatic carbocycles. The zero-order valence-electron chi connectivity index (χ0n) is 14.5. The van der Waals surface area contributed by atoms with Crippen LogP contribution in [0.4, 0.5) is 8.78 Å². The van der Waals surface area contributed by atoms with Crippen molar-refractivity contribution in [2.75, 3.05) is 46.8 Å². The van der Waals surface area contributed by atoms with Gasteiger partial charge in [-0.05, 0) is 12.8 Å². The second-order valence-electron chi connectivity index (χ2n) is 7.22. The summed E-state index contributed by atoms with van der Waals surface area (Å²) in [6.45, 7) is 3.78. The molecule has 2 N–H and O–H groups in total. The lowest BCUT2D eigenvalue weighted by molar-refractivity contribution is -0.905. The van der Waals surface area contributed by atoms with Crippen molar-refractivity contribution in [1.82, 2.24) is 4.90 Å². The molecule has 1 aliphatic heterocycles. The van der Waals surface area contributed by atoms with Crippen molar-refractivity contribution in [3.05, 3.63) is 0 Å². The zero-order valence-corrected chi connectivity index (χ0v) is 14.5. The number of nitrogens with two attached hydrogens (primary N) is 1. The summed E-state index contributed by atoms with van der Waals surface area (Å²) in [5, 5.41) is 13.4. The molecule has 0 atom stereocenters. The van der Waals surface area contributed by atoms with Crippen molar-refractivity contribution in [1.29, 1.82) is 5.26 Å². The maximum Gasteiger partial charge on any atom is 0.248 e. The van der Waals surface area contributed by atoms with Crippen LogP contribution in [0.15, 0.2) is 10.1 Å². The molecule has 0 unspecified atom stereocenters. The molecular formula is C16H27F2N6+. The van der Waals surface area contributed by atoms with E-state index in [1.54, 1.807) is 13.3 Å². The molecular weight excluding hydrogens is 314 g/mol. The Hall–Kier alpha value is -1.59. The van der Waals surface area contributed by atoms with Gasteiger partial charge in [0.1, 0.15) is 17.8 Å². The van der Waals surface area contributed by atoms with Gasteiger partial charge in [0, 0.05) is 33.0 Å². The quantitative estimate of drug-likeness (QED) is 0.362. The number of aliphatic imine (C=N–C) groups is 1. The normalized spacial score (nSPS) is 27.0. The van der Waals surface area contributed by atoms with E-state index in [9.17, 15) is 14.0 Å². The lowest BCUT2D eigenvalue weighted by Gasteiger charge is -2.49. The molecule has 8 heteroatoms. The van der Waals surface area contributed by atoms with E-state index in [0.29, 0.717) is 6.54 Å². The number of hydrogen-bond acceptors (Lipinski definition) is 5. The molecule has 2 aliphatic rings. The van der Waals surface area contributed by atoms with E-state index in [1.807, 2.05) is 0 Å². The van der Waals surface area contributed by atoms with Gasteiger partial charge >= 0.3 is 0 Å². The first-order valence-electron chi connectivity index (χ1n) is 8.35. The summed E-state index contributed by atoms with van der Waals surface area (Å²) in [5.41, 5.74) is 0.00327. The van der Waals surface area contributed by atoms with Gasteiger partial charge in [-0.2, -0.15) is 10.4 Å². The Morgan fingerprint density at radius 1 is 1.29 bits per heavy atom. The third-order valence-electron chi connectivity index (χ3n) is 5.43. The highest BCUT2D eigenvalue weighted by molar-refractivity contribution is 6.31. The fourth-order valence-electron chi connectivity index (χ4n) is 3.72. The number of quaternary nitrogens is 1. The smallest absolute Gasteiger partial charge is 0.248 e. The average molecular weight is 341 g/mol. The SMILES string of the molecule is CN=CC(C[N+]1(C)CCN(C2(C#N)CCC(F)(F)CC2)CC1)=NN. The monoisotopic (exact) mass is 341 g/mol. The summed E-state index contributed by atoms with van der Waals surface area (Å²) in [4.78, 5) is 6.07. The fraction of sp³-hybridized carbons (Fsp3) is 0.812. The van der Waals surface area contributed by atoms with Gasteiger partial charge in [-0.15, -0.1) is 0 Å². The van der Waals surface area contributed by atoms with Crippen LogP contribution in [-0.2, 0) is 0 Å². The van der Waals surface area contributed by atoms with Gasteiger partial charge in [-0.25, -0.2) is 8.78 Å². The average Bonchev–Trinajstić information content (AvgIpc) is 2.56. The molecule has 6 nitrogen and oxygen atoms in total. The van der Waals surface area contributed by atoms with Crippen LogP contribution in [0.2, 0.25) is 0 Å². The summed E-state index contributed by atoms with van der Waals surface area (Å²) < 4.78 is 27.7. The Morgan fingerprint density at radius 3 is 2.33 bits per heavy atom. The molecule has 134 valence electrons. The van der Waals surface area contributed by atoms with E-state index in [1.165, 1.54) is 0 Å². The molecule has 24 heavy (non-hydrogen) atoms. The second-order valence-corrected chi connectivity index (χ2v) is 7.22. The summed E-state index contributed by atoms with van der Waals surface area (Å²) in [5.74, 6) is 2.79. The number of halogens is 2. The number of likely N-dealkylation sites (N-methyl/N-ethyl adjacent to an activating group) is 1. The van der Waals surface area contributed by atoms with Gasteiger partial charge in [-0.1, -0.05) is 0 Å². The third kappa shape index (κ3) is 4.08. The number of rotatable bonds is 4. The highest BCUT2D eigenvalue weighted by Crippen LogP contribution is 2.41. The number of hydrazone groups is 1. The van der Waals surface area contributed by atoms with E-state index in [2.05, 4.69) is 28.1 Å². The Kier molecular flexibility index (Phi) is 5.56. The second kappa shape index (κ2) is 7.11. The zero-order chi connectivity index (χ0) is 17.8. The number of nitrogens with zero attached hydrogens (tertiary/aromatic N) is 5. The largest absolute Gasteiger partial charge is 0.323 e. The number of nitriles is 1. The van der Waals surface area contributed by atoms with Crippen molar-refractivity contribution < 1.29 is 13.3 Å². The first-order valence-corrected chi connectivity index (χ1v) is 8.35. The van der Waals surface area contributed by atoms with Crippen LogP contribution in [0.1, 0.15) is 25.7 Å². The molecule has 0 bridgehead atoms.